The standard InChI is InChI=1S/C13H22O2/c1-10(2)6-5-7-11(3)12(4)8-9-13(14)15/h6,11H,4-5,7-9H2,1-3H3,(H,14,15). The maximum atomic E-state index is 10.4. The van der Waals surface area contributed by atoms with E-state index in [2.05, 4.69) is 33.4 Å². The smallest absolute Gasteiger partial charge is 0.303 e. The molecular formula is C13H22O2. The quantitative estimate of drug-likeness (QED) is 0.649. The largest absolute Gasteiger partial charge is 0.481 e. The number of aliphatic carboxylic acids is 1. The molecule has 1 N–H and O–H groups in total. The number of allylic oxidation sites excluding steroid dienone is 3. The van der Waals surface area contributed by atoms with Crippen LogP contribution in [0, 0.1) is 5.92 Å². The van der Waals surface area contributed by atoms with Crippen LogP contribution in [0.25, 0.3) is 0 Å². The Labute approximate surface area is 92.7 Å². The Morgan fingerprint density at radius 3 is 2.47 bits per heavy atom. The first kappa shape index (κ1) is 13.9. The molecule has 0 rings (SSSR count). The first-order valence-electron chi connectivity index (χ1n) is 5.46. The van der Waals surface area contributed by atoms with E-state index in [1.807, 2.05) is 0 Å². The van der Waals surface area contributed by atoms with Crippen molar-refractivity contribution in [2.45, 2.75) is 46.5 Å². The highest BCUT2D eigenvalue weighted by molar-refractivity contribution is 5.67. The van der Waals surface area contributed by atoms with Crippen LogP contribution in [-0.4, -0.2) is 11.1 Å². The third-order valence-corrected chi connectivity index (χ3v) is 2.51. The molecule has 0 aliphatic carbocycles. The molecule has 0 radical (unpaired) electrons. The van der Waals surface area contributed by atoms with Crippen molar-refractivity contribution >= 4 is 5.97 Å². The van der Waals surface area contributed by atoms with Gasteiger partial charge in [0.2, 0.25) is 0 Å². The number of rotatable bonds is 7. The summed E-state index contributed by atoms with van der Waals surface area (Å²) in [6.45, 7) is 10.2. The molecule has 0 aromatic carbocycles. The predicted octanol–water partition coefficient (Wildman–Crippen LogP) is 3.79. The topological polar surface area (TPSA) is 37.3 Å². The van der Waals surface area contributed by atoms with Crippen LogP contribution in [0.2, 0.25) is 0 Å². The Hall–Kier alpha value is -1.05. The zero-order valence-electron chi connectivity index (χ0n) is 10.0. The van der Waals surface area contributed by atoms with Gasteiger partial charge in [-0.1, -0.05) is 30.7 Å². The molecule has 0 bridgehead atoms. The molecule has 2 nitrogen and oxygen atoms in total. The van der Waals surface area contributed by atoms with Gasteiger partial charge in [0.05, 0.1) is 0 Å². The second-order valence-electron chi connectivity index (χ2n) is 4.31. The van der Waals surface area contributed by atoms with Crippen molar-refractivity contribution in [3.05, 3.63) is 23.8 Å². The van der Waals surface area contributed by atoms with E-state index >= 15 is 0 Å². The first-order valence-corrected chi connectivity index (χ1v) is 5.46. The van der Waals surface area contributed by atoms with Gasteiger partial charge in [0.1, 0.15) is 0 Å². The highest BCUT2D eigenvalue weighted by Gasteiger charge is 2.07. The van der Waals surface area contributed by atoms with Crippen molar-refractivity contribution in [3.63, 3.8) is 0 Å². The molecule has 0 fully saturated rings. The van der Waals surface area contributed by atoms with Gasteiger partial charge in [0.15, 0.2) is 0 Å². The van der Waals surface area contributed by atoms with E-state index < -0.39 is 5.97 Å². The summed E-state index contributed by atoms with van der Waals surface area (Å²) < 4.78 is 0. The van der Waals surface area contributed by atoms with Gasteiger partial charge < -0.3 is 5.11 Å². The minimum Gasteiger partial charge on any atom is -0.481 e. The van der Waals surface area contributed by atoms with Gasteiger partial charge in [0.25, 0.3) is 0 Å². The Bertz CT molecular complexity index is 247. The van der Waals surface area contributed by atoms with Crippen LogP contribution in [0.1, 0.15) is 46.5 Å². The average molecular weight is 210 g/mol. The lowest BCUT2D eigenvalue weighted by Crippen LogP contribution is -2.02. The lowest BCUT2D eigenvalue weighted by Gasteiger charge is -2.12. The van der Waals surface area contributed by atoms with Crippen molar-refractivity contribution in [2.75, 3.05) is 0 Å². The summed E-state index contributed by atoms with van der Waals surface area (Å²) in [6, 6.07) is 0. The van der Waals surface area contributed by atoms with E-state index in [4.69, 9.17) is 5.11 Å². The number of carboxylic acid groups (broad SMARTS) is 1. The fraction of sp³-hybridized carbons (Fsp3) is 0.615. The van der Waals surface area contributed by atoms with Crippen LogP contribution in [0.4, 0.5) is 0 Å². The lowest BCUT2D eigenvalue weighted by atomic mass is 9.93. The van der Waals surface area contributed by atoms with Crippen molar-refractivity contribution in [3.8, 4) is 0 Å². The SMILES string of the molecule is C=C(CCC(=O)O)C(C)CCC=C(C)C. The van der Waals surface area contributed by atoms with E-state index in [9.17, 15) is 4.79 Å². The van der Waals surface area contributed by atoms with Crippen LogP contribution < -0.4 is 0 Å². The summed E-state index contributed by atoms with van der Waals surface area (Å²) in [4.78, 5) is 10.4. The molecule has 0 spiro atoms. The molecule has 0 aliphatic rings. The first-order chi connectivity index (χ1) is 6.93. The number of hydrogen-bond acceptors (Lipinski definition) is 1. The van der Waals surface area contributed by atoms with Crippen molar-refractivity contribution in [1.82, 2.24) is 0 Å². The third-order valence-electron chi connectivity index (χ3n) is 2.51. The van der Waals surface area contributed by atoms with Gasteiger partial charge in [-0.25, -0.2) is 0 Å². The van der Waals surface area contributed by atoms with Crippen molar-refractivity contribution in [2.24, 2.45) is 5.92 Å². The molecule has 86 valence electrons. The molecule has 0 aliphatic heterocycles. The highest BCUT2D eigenvalue weighted by atomic mass is 16.4. The minimum atomic E-state index is -0.743. The predicted molar refractivity (Wildman–Crippen MR) is 63.8 cm³/mol. The second-order valence-corrected chi connectivity index (χ2v) is 4.31. The van der Waals surface area contributed by atoms with Gasteiger partial charge in [-0.05, 0) is 39.0 Å². The maximum absolute atomic E-state index is 10.4. The van der Waals surface area contributed by atoms with E-state index in [0.717, 1.165) is 18.4 Å². The van der Waals surface area contributed by atoms with Gasteiger partial charge >= 0.3 is 5.97 Å². The highest BCUT2D eigenvalue weighted by Crippen LogP contribution is 2.19. The fourth-order valence-electron chi connectivity index (χ4n) is 1.34. The van der Waals surface area contributed by atoms with E-state index in [-0.39, 0.29) is 6.42 Å². The minimum absolute atomic E-state index is 0.200. The van der Waals surface area contributed by atoms with Crippen LogP contribution in [0.5, 0.6) is 0 Å². The van der Waals surface area contributed by atoms with E-state index in [1.165, 1.54) is 5.57 Å². The summed E-state index contributed by atoms with van der Waals surface area (Å²) in [5.74, 6) is -0.326. The molecule has 0 amide bonds. The fourth-order valence-corrected chi connectivity index (χ4v) is 1.34. The van der Waals surface area contributed by atoms with Gasteiger partial charge in [-0.2, -0.15) is 0 Å². The Morgan fingerprint density at radius 1 is 1.40 bits per heavy atom. The molecular weight excluding hydrogens is 188 g/mol. The maximum Gasteiger partial charge on any atom is 0.303 e. The summed E-state index contributed by atoms with van der Waals surface area (Å²) >= 11 is 0. The molecule has 0 aromatic heterocycles. The van der Waals surface area contributed by atoms with E-state index in [1.54, 1.807) is 0 Å². The molecule has 15 heavy (non-hydrogen) atoms. The monoisotopic (exact) mass is 210 g/mol. The summed E-state index contributed by atoms with van der Waals surface area (Å²) in [5, 5.41) is 8.54. The van der Waals surface area contributed by atoms with Gasteiger partial charge in [0, 0.05) is 6.42 Å². The number of hydrogen-bond donors (Lipinski definition) is 1. The zero-order valence-corrected chi connectivity index (χ0v) is 10.0. The van der Waals surface area contributed by atoms with Crippen molar-refractivity contribution < 1.29 is 9.90 Å². The Morgan fingerprint density at radius 2 is 2.00 bits per heavy atom. The van der Waals surface area contributed by atoms with Crippen LogP contribution in [0.15, 0.2) is 23.8 Å². The summed E-state index contributed by atoms with van der Waals surface area (Å²) in [6.07, 6.45) is 5.12. The van der Waals surface area contributed by atoms with E-state index in [0.29, 0.717) is 12.3 Å². The number of carbonyl (C=O) groups is 1. The van der Waals surface area contributed by atoms with Crippen LogP contribution in [0.3, 0.4) is 0 Å². The molecule has 0 heterocycles. The number of carboxylic acids is 1. The molecule has 1 unspecified atom stereocenters. The summed E-state index contributed by atoms with van der Waals surface area (Å²) in [5.41, 5.74) is 2.39. The van der Waals surface area contributed by atoms with Crippen LogP contribution >= 0.6 is 0 Å². The average Bonchev–Trinajstić information content (AvgIpc) is 2.13. The second kappa shape index (κ2) is 7.27. The van der Waals surface area contributed by atoms with Gasteiger partial charge in [-0.15, -0.1) is 0 Å². The molecule has 0 aromatic rings. The molecule has 0 saturated heterocycles. The lowest BCUT2D eigenvalue weighted by molar-refractivity contribution is -0.136. The Balaban J connectivity index is 3.79. The summed E-state index contributed by atoms with van der Waals surface area (Å²) in [7, 11) is 0. The zero-order chi connectivity index (χ0) is 11.8. The van der Waals surface area contributed by atoms with Gasteiger partial charge in [-0.3, -0.25) is 4.79 Å². The molecule has 2 heteroatoms. The third kappa shape index (κ3) is 7.98. The van der Waals surface area contributed by atoms with Crippen molar-refractivity contribution in [1.29, 1.82) is 0 Å². The van der Waals surface area contributed by atoms with Crippen LogP contribution in [-0.2, 0) is 4.79 Å². The molecule has 0 saturated carbocycles. The Kier molecular flexibility index (Phi) is 6.76. The molecule has 1 atom stereocenters. The normalized spacial score (nSPS) is 11.9.